The molecule has 0 unspecified atom stereocenters. The van der Waals surface area contributed by atoms with E-state index in [1.807, 2.05) is 37.3 Å². The van der Waals surface area contributed by atoms with Crippen LogP contribution >= 0.6 is 0 Å². The Balaban J connectivity index is 2.07. The summed E-state index contributed by atoms with van der Waals surface area (Å²) in [6.45, 7) is 1.98. The standard InChI is InChI=1S/C21H17NO3S/c1-3-14-25-21-13-10-17-6-4-5-7-19(17)20(21)15-22-26(23,24)18-11-8-16(2)9-12-18/h1,4-13,15H,14H2,2H3. The summed E-state index contributed by atoms with van der Waals surface area (Å²) in [6.07, 6.45) is 6.59. The largest absolute Gasteiger partial charge is 0.480 e. The van der Waals surface area contributed by atoms with Gasteiger partial charge in [-0.05, 0) is 35.9 Å². The minimum Gasteiger partial charge on any atom is -0.480 e. The van der Waals surface area contributed by atoms with Gasteiger partial charge in [0.15, 0.2) is 0 Å². The fourth-order valence-electron chi connectivity index (χ4n) is 2.55. The molecule has 0 amide bonds. The van der Waals surface area contributed by atoms with E-state index in [0.717, 1.165) is 16.3 Å². The Labute approximate surface area is 153 Å². The quantitative estimate of drug-likeness (QED) is 0.509. The van der Waals surface area contributed by atoms with Gasteiger partial charge in [-0.25, -0.2) is 0 Å². The molecule has 0 aliphatic heterocycles. The van der Waals surface area contributed by atoms with Gasteiger partial charge in [-0.2, -0.15) is 12.8 Å². The molecule has 0 saturated heterocycles. The number of nitrogens with zero attached hydrogens (tertiary/aromatic N) is 1. The van der Waals surface area contributed by atoms with Crippen molar-refractivity contribution in [1.82, 2.24) is 0 Å². The first-order valence-corrected chi connectivity index (χ1v) is 9.40. The van der Waals surface area contributed by atoms with Gasteiger partial charge in [-0.3, -0.25) is 0 Å². The van der Waals surface area contributed by atoms with Crippen molar-refractivity contribution in [2.45, 2.75) is 11.8 Å². The summed E-state index contributed by atoms with van der Waals surface area (Å²) < 4.78 is 34.4. The molecule has 0 aromatic heterocycles. The number of terminal acetylenes is 1. The number of hydrogen-bond donors (Lipinski definition) is 0. The van der Waals surface area contributed by atoms with Gasteiger partial charge in [0.1, 0.15) is 12.4 Å². The minimum atomic E-state index is -3.81. The summed E-state index contributed by atoms with van der Waals surface area (Å²) in [7, 11) is -3.81. The predicted octanol–water partition coefficient (Wildman–Crippen LogP) is 3.97. The molecule has 0 spiro atoms. The molecule has 4 nitrogen and oxygen atoms in total. The second-order valence-electron chi connectivity index (χ2n) is 5.71. The molecule has 3 aromatic rings. The fraction of sp³-hybridized carbons (Fsp3) is 0.0952. The third kappa shape index (κ3) is 3.76. The zero-order valence-electron chi connectivity index (χ0n) is 14.2. The van der Waals surface area contributed by atoms with Crippen LogP contribution in [-0.2, 0) is 10.0 Å². The van der Waals surface area contributed by atoms with Crippen LogP contribution in [0.15, 0.2) is 70.0 Å². The lowest BCUT2D eigenvalue weighted by atomic mass is 10.0. The highest BCUT2D eigenvalue weighted by atomic mass is 32.2. The molecule has 0 aliphatic carbocycles. The third-order valence-electron chi connectivity index (χ3n) is 3.88. The third-order valence-corrected chi connectivity index (χ3v) is 5.13. The second-order valence-corrected chi connectivity index (χ2v) is 7.35. The van der Waals surface area contributed by atoms with Crippen LogP contribution in [0.4, 0.5) is 0 Å². The maximum atomic E-state index is 12.5. The number of hydrogen-bond acceptors (Lipinski definition) is 3. The van der Waals surface area contributed by atoms with E-state index in [2.05, 4.69) is 10.3 Å². The van der Waals surface area contributed by atoms with Gasteiger partial charge in [0.25, 0.3) is 10.0 Å². The fourth-order valence-corrected chi connectivity index (χ4v) is 3.39. The molecule has 0 fully saturated rings. The minimum absolute atomic E-state index is 0.0872. The molecule has 3 rings (SSSR count). The molecule has 0 radical (unpaired) electrons. The van der Waals surface area contributed by atoms with E-state index in [-0.39, 0.29) is 11.5 Å². The number of benzene rings is 3. The molecular formula is C21H17NO3S. The first-order valence-electron chi connectivity index (χ1n) is 7.96. The molecule has 0 heterocycles. The Morgan fingerprint density at radius 3 is 2.54 bits per heavy atom. The molecule has 130 valence electrons. The second kappa shape index (κ2) is 7.42. The van der Waals surface area contributed by atoms with Gasteiger partial charge in [-0.15, -0.1) is 6.42 Å². The number of aryl methyl sites for hydroxylation is 1. The maximum Gasteiger partial charge on any atom is 0.282 e. The lowest BCUT2D eigenvalue weighted by Crippen LogP contribution is -2.01. The smallest absolute Gasteiger partial charge is 0.282 e. The van der Waals surface area contributed by atoms with Crippen LogP contribution in [0, 0.1) is 19.3 Å². The lowest BCUT2D eigenvalue weighted by molar-refractivity contribution is 0.370. The molecule has 0 N–H and O–H groups in total. The van der Waals surface area contributed by atoms with Crippen molar-refractivity contribution in [1.29, 1.82) is 0 Å². The average Bonchev–Trinajstić information content (AvgIpc) is 2.65. The van der Waals surface area contributed by atoms with Gasteiger partial charge in [0.05, 0.1) is 11.1 Å². The highest BCUT2D eigenvalue weighted by molar-refractivity contribution is 7.90. The number of rotatable bonds is 5. The van der Waals surface area contributed by atoms with Crippen molar-refractivity contribution >= 4 is 27.0 Å². The van der Waals surface area contributed by atoms with E-state index >= 15 is 0 Å². The maximum absolute atomic E-state index is 12.5. The SMILES string of the molecule is C#CCOc1ccc2ccccc2c1C=NS(=O)(=O)c1ccc(C)cc1. The number of ether oxygens (including phenoxy) is 1. The normalized spacial score (nSPS) is 11.5. The molecule has 5 heteroatoms. The first kappa shape index (κ1) is 17.7. The highest BCUT2D eigenvalue weighted by Gasteiger charge is 2.13. The summed E-state index contributed by atoms with van der Waals surface area (Å²) >= 11 is 0. The van der Waals surface area contributed by atoms with Gasteiger partial charge in [-0.1, -0.05) is 53.9 Å². The number of fused-ring (bicyclic) bond motifs is 1. The zero-order valence-corrected chi connectivity index (χ0v) is 15.0. The van der Waals surface area contributed by atoms with Crippen LogP contribution in [0.2, 0.25) is 0 Å². The first-order chi connectivity index (χ1) is 12.5. The topological polar surface area (TPSA) is 55.7 Å². The van der Waals surface area contributed by atoms with Crippen LogP contribution in [0.3, 0.4) is 0 Å². The highest BCUT2D eigenvalue weighted by Crippen LogP contribution is 2.27. The van der Waals surface area contributed by atoms with E-state index < -0.39 is 10.0 Å². The zero-order chi connectivity index (χ0) is 18.6. The van der Waals surface area contributed by atoms with Gasteiger partial charge in [0.2, 0.25) is 0 Å². The van der Waals surface area contributed by atoms with E-state index in [1.54, 1.807) is 30.3 Å². The number of sulfonamides is 1. The van der Waals surface area contributed by atoms with Gasteiger partial charge >= 0.3 is 0 Å². The Kier molecular flexibility index (Phi) is 5.06. The van der Waals surface area contributed by atoms with Crippen LogP contribution < -0.4 is 4.74 Å². The van der Waals surface area contributed by atoms with Gasteiger partial charge in [0, 0.05) is 5.56 Å². The summed E-state index contributed by atoms with van der Waals surface area (Å²) in [4.78, 5) is 0.144. The molecule has 0 atom stereocenters. The Morgan fingerprint density at radius 1 is 1.08 bits per heavy atom. The van der Waals surface area contributed by atoms with E-state index in [4.69, 9.17) is 11.2 Å². The van der Waals surface area contributed by atoms with Crippen LogP contribution in [0.25, 0.3) is 10.8 Å². The molecule has 0 bridgehead atoms. The lowest BCUT2D eigenvalue weighted by Gasteiger charge is -2.09. The van der Waals surface area contributed by atoms with Crippen LogP contribution in [0.1, 0.15) is 11.1 Å². The van der Waals surface area contributed by atoms with E-state index in [1.165, 1.54) is 6.21 Å². The molecular weight excluding hydrogens is 346 g/mol. The van der Waals surface area contributed by atoms with Crippen molar-refractivity contribution in [3.8, 4) is 18.1 Å². The molecule has 3 aromatic carbocycles. The van der Waals surface area contributed by atoms with Gasteiger partial charge < -0.3 is 4.74 Å². The summed E-state index contributed by atoms with van der Waals surface area (Å²) in [5.74, 6) is 2.90. The monoisotopic (exact) mass is 363 g/mol. The molecule has 0 saturated carbocycles. The van der Waals surface area contributed by atoms with Crippen molar-refractivity contribution in [3.63, 3.8) is 0 Å². The molecule has 0 aliphatic rings. The van der Waals surface area contributed by atoms with Crippen molar-refractivity contribution in [2.75, 3.05) is 6.61 Å². The summed E-state index contributed by atoms with van der Waals surface area (Å²) in [6, 6.07) is 17.8. The predicted molar refractivity (Wildman–Crippen MR) is 104 cm³/mol. The van der Waals surface area contributed by atoms with E-state index in [0.29, 0.717) is 11.3 Å². The van der Waals surface area contributed by atoms with Crippen LogP contribution in [-0.4, -0.2) is 21.2 Å². The molecule has 26 heavy (non-hydrogen) atoms. The summed E-state index contributed by atoms with van der Waals surface area (Å²) in [5, 5.41) is 1.79. The van der Waals surface area contributed by atoms with Crippen molar-refractivity contribution in [2.24, 2.45) is 4.40 Å². The van der Waals surface area contributed by atoms with Crippen molar-refractivity contribution < 1.29 is 13.2 Å². The average molecular weight is 363 g/mol. The van der Waals surface area contributed by atoms with Crippen LogP contribution in [0.5, 0.6) is 5.75 Å². The Morgan fingerprint density at radius 2 is 1.81 bits per heavy atom. The Bertz CT molecular complexity index is 1110. The Hall–Kier alpha value is -3.10. The van der Waals surface area contributed by atoms with Crippen molar-refractivity contribution in [3.05, 3.63) is 71.8 Å². The van der Waals surface area contributed by atoms with E-state index in [9.17, 15) is 8.42 Å². The summed E-state index contributed by atoms with van der Waals surface area (Å²) in [5.41, 5.74) is 1.56.